The molecule has 192 valence electrons. The molecule has 0 aromatic rings. The summed E-state index contributed by atoms with van der Waals surface area (Å²) in [6.07, 6.45) is 1.38. The van der Waals surface area contributed by atoms with Crippen molar-refractivity contribution in [3.8, 4) is 0 Å². The topological polar surface area (TPSA) is 140 Å². The lowest BCUT2D eigenvalue weighted by Crippen LogP contribution is -2.68. The van der Waals surface area contributed by atoms with Crippen LogP contribution in [-0.2, 0) is 28.6 Å². The molecule has 0 amide bonds. The summed E-state index contributed by atoms with van der Waals surface area (Å²) in [6.45, 7) is 6.93. The summed E-state index contributed by atoms with van der Waals surface area (Å²) in [5.74, 6) is -7.87. The van der Waals surface area contributed by atoms with Crippen molar-refractivity contribution in [2.75, 3.05) is 0 Å². The molecule has 0 aromatic heterocycles. The number of fused-ring (bicyclic) bond motifs is 9. The largest absolute Gasteiger partial charge is 0.478 e. The zero-order valence-electron chi connectivity index (χ0n) is 20.4. The van der Waals surface area contributed by atoms with Crippen molar-refractivity contribution in [1.82, 2.24) is 0 Å². The molecule has 3 bridgehead atoms. The van der Waals surface area contributed by atoms with Crippen molar-refractivity contribution in [3.05, 3.63) is 11.6 Å². The van der Waals surface area contributed by atoms with Crippen molar-refractivity contribution in [1.29, 1.82) is 0 Å². The van der Waals surface area contributed by atoms with Crippen LogP contribution in [0.2, 0.25) is 0 Å². The molecule has 6 aliphatic rings. The standard InChI is InChI=1S/C26H34O9/c1-9-21(28)18-14(22(9)33-11(3)27)7-13(23(29)30)12-8-15-19(17(12)18)20-24(31)34-16-5-6-25(15,4)35-26(20,32)10(16)2/h7,9-10,12,14-22,28,32H,5-6,8H2,1-4H3,(H,29,30)/t9-,10-,12-,14+,15-,16-,17+,18+,19-,20+,21-,22+,25-,26-/m1/s1. The smallest absolute Gasteiger partial charge is 0.331 e. The Morgan fingerprint density at radius 2 is 1.91 bits per heavy atom. The number of carboxylic acids is 1. The molecule has 14 atom stereocenters. The second kappa shape index (κ2) is 7.29. The molecule has 2 saturated carbocycles. The molecule has 0 unspecified atom stereocenters. The predicted octanol–water partition coefficient (Wildman–Crippen LogP) is 1.50. The van der Waals surface area contributed by atoms with Gasteiger partial charge in [0.05, 0.1) is 11.7 Å². The Hall–Kier alpha value is -1.97. The lowest BCUT2D eigenvalue weighted by atomic mass is 9.59. The number of esters is 2. The molecule has 35 heavy (non-hydrogen) atoms. The van der Waals surface area contributed by atoms with Crippen LogP contribution in [0, 0.1) is 53.3 Å². The minimum atomic E-state index is -1.72. The SMILES string of the molecule is CC(=O)O[C@H]1[C@H](C)[C@@H](O)[C@H]2[C@@H]1C=C(C(=O)O)[C@H]1C[C@@H]3[C@H]([C@H]21)[C@H]1C(=O)O[C@@H]2CC[C@@]3(C)O[C@]1(O)[C@@H]2C. The molecule has 3 N–H and O–H groups in total. The van der Waals surface area contributed by atoms with Crippen LogP contribution in [0.1, 0.15) is 47.0 Å². The van der Waals surface area contributed by atoms with Gasteiger partial charge in [-0.25, -0.2) is 4.79 Å². The number of aliphatic hydroxyl groups is 2. The quantitative estimate of drug-likeness (QED) is 0.491. The van der Waals surface area contributed by atoms with E-state index in [1.54, 1.807) is 6.08 Å². The van der Waals surface area contributed by atoms with Crippen LogP contribution in [-0.4, -0.2) is 62.9 Å². The van der Waals surface area contributed by atoms with Crippen LogP contribution >= 0.6 is 0 Å². The maximum absolute atomic E-state index is 13.4. The summed E-state index contributed by atoms with van der Waals surface area (Å²) in [5.41, 5.74) is -0.518. The average Bonchev–Trinajstić information content (AvgIpc) is 3.26. The van der Waals surface area contributed by atoms with E-state index < -0.39 is 95.0 Å². The summed E-state index contributed by atoms with van der Waals surface area (Å²) >= 11 is 0. The van der Waals surface area contributed by atoms with Gasteiger partial charge in [-0.2, -0.15) is 0 Å². The third-order valence-corrected chi connectivity index (χ3v) is 10.6. The molecule has 0 aromatic carbocycles. The van der Waals surface area contributed by atoms with Gasteiger partial charge in [-0.15, -0.1) is 0 Å². The first-order chi connectivity index (χ1) is 16.4. The number of carboxylic acid groups (broad SMARTS) is 1. The van der Waals surface area contributed by atoms with E-state index in [1.165, 1.54) is 6.92 Å². The highest BCUT2D eigenvalue weighted by Crippen LogP contribution is 2.68. The molecule has 5 fully saturated rings. The van der Waals surface area contributed by atoms with E-state index in [4.69, 9.17) is 14.2 Å². The average molecular weight is 491 g/mol. The molecule has 3 aliphatic carbocycles. The Morgan fingerprint density at radius 3 is 2.57 bits per heavy atom. The van der Waals surface area contributed by atoms with E-state index in [-0.39, 0.29) is 11.5 Å². The molecule has 3 heterocycles. The second-order valence-electron chi connectivity index (χ2n) is 12.1. The van der Waals surface area contributed by atoms with Gasteiger partial charge in [0.2, 0.25) is 0 Å². The van der Waals surface area contributed by atoms with Gasteiger partial charge in [0.25, 0.3) is 0 Å². The second-order valence-corrected chi connectivity index (χ2v) is 12.1. The van der Waals surface area contributed by atoms with Crippen LogP contribution in [0.4, 0.5) is 0 Å². The van der Waals surface area contributed by atoms with E-state index in [1.807, 2.05) is 20.8 Å². The van der Waals surface area contributed by atoms with E-state index in [0.717, 1.165) is 0 Å². The van der Waals surface area contributed by atoms with Crippen LogP contribution in [0.3, 0.4) is 0 Å². The van der Waals surface area contributed by atoms with Crippen LogP contribution < -0.4 is 0 Å². The molecular formula is C26H34O9. The van der Waals surface area contributed by atoms with E-state index in [9.17, 15) is 29.7 Å². The molecule has 0 spiro atoms. The Kier molecular flexibility index (Phi) is 4.88. The number of carbonyl (C=O) groups excluding carboxylic acids is 2. The molecule has 0 radical (unpaired) electrons. The van der Waals surface area contributed by atoms with Crippen molar-refractivity contribution in [2.24, 2.45) is 53.3 Å². The van der Waals surface area contributed by atoms with Gasteiger partial charge in [-0.05, 0) is 55.8 Å². The highest BCUT2D eigenvalue weighted by atomic mass is 16.7. The fourth-order valence-electron chi connectivity index (χ4n) is 9.12. The predicted molar refractivity (Wildman–Crippen MR) is 118 cm³/mol. The lowest BCUT2D eigenvalue weighted by molar-refractivity contribution is -0.369. The number of ether oxygens (including phenoxy) is 3. The minimum absolute atomic E-state index is 0.184. The normalized spacial score (nSPS) is 55.7. The molecule has 6 rings (SSSR count). The van der Waals surface area contributed by atoms with Crippen LogP contribution in [0.25, 0.3) is 0 Å². The summed E-state index contributed by atoms with van der Waals surface area (Å²) < 4.78 is 17.9. The molecule has 9 heteroatoms. The van der Waals surface area contributed by atoms with Gasteiger partial charge in [0, 0.05) is 30.3 Å². The summed E-state index contributed by atoms with van der Waals surface area (Å²) in [5, 5.41) is 33.6. The Morgan fingerprint density at radius 1 is 1.20 bits per heavy atom. The van der Waals surface area contributed by atoms with Gasteiger partial charge in [-0.1, -0.05) is 19.9 Å². The number of aliphatic hydroxyl groups excluding tert-OH is 1. The molecular weight excluding hydrogens is 456 g/mol. The first-order valence-corrected chi connectivity index (χ1v) is 12.8. The van der Waals surface area contributed by atoms with Crippen molar-refractivity contribution < 1.29 is 43.9 Å². The fraction of sp³-hybridized carbons (Fsp3) is 0.808. The third-order valence-electron chi connectivity index (χ3n) is 10.6. The zero-order valence-corrected chi connectivity index (χ0v) is 20.4. The highest BCUT2D eigenvalue weighted by molar-refractivity contribution is 5.88. The Labute approximate surface area is 203 Å². The molecule has 9 nitrogen and oxygen atoms in total. The number of carbonyl (C=O) groups is 3. The van der Waals surface area contributed by atoms with E-state index >= 15 is 0 Å². The van der Waals surface area contributed by atoms with Crippen molar-refractivity contribution in [3.63, 3.8) is 0 Å². The molecule has 3 saturated heterocycles. The summed E-state index contributed by atoms with van der Waals surface area (Å²) in [6, 6.07) is 0. The molecule has 3 aliphatic heterocycles. The third kappa shape index (κ3) is 2.89. The van der Waals surface area contributed by atoms with Crippen molar-refractivity contribution in [2.45, 2.75) is 76.7 Å². The zero-order chi connectivity index (χ0) is 25.2. The number of hydrogen-bond acceptors (Lipinski definition) is 8. The van der Waals surface area contributed by atoms with Gasteiger partial charge in [0.1, 0.15) is 18.1 Å². The number of aliphatic carboxylic acids is 1. The van der Waals surface area contributed by atoms with Crippen molar-refractivity contribution >= 4 is 17.9 Å². The summed E-state index contributed by atoms with van der Waals surface area (Å²) in [4.78, 5) is 37.8. The Balaban J connectivity index is 1.52. The maximum atomic E-state index is 13.4. The first-order valence-electron chi connectivity index (χ1n) is 12.8. The highest BCUT2D eigenvalue weighted by Gasteiger charge is 2.74. The van der Waals surface area contributed by atoms with Gasteiger partial charge in [-0.3, -0.25) is 9.59 Å². The monoisotopic (exact) mass is 490 g/mol. The van der Waals surface area contributed by atoms with E-state index in [2.05, 4.69) is 0 Å². The summed E-state index contributed by atoms with van der Waals surface area (Å²) in [7, 11) is 0. The van der Waals surface area contributed by atoms with Gasteiger partial charge < -0.3 is 29.5 Å². The lowest BCUT2D eigenvalue weighted by Gasteiger charge is -2.57. The minimum Gasteiger partial charge on any atom is -0.478 e. The maximum Gasteiger partial charge on any atom is 0.331 e. The van der Waals surface area contributed by atoms with Gasteiger partial charge >= 0.3 is 17.9 Å². The number of hydrogen-bond donors (Lipinski definition) is 3. The Bertz CT molecular complexity index is 1020. The first kappa shape index (κ1) is 23.4. The van der Waals surface area contributed by atoms with Crippen LogP contribution in [0.5, 0.6) is 0 Å². The van der Waals surface area contributed by atoms with E-state index in [0.29, 0.717) is 19.3 Å². The van der Waals surface area contributed by atoms with Gasteiger partial charge in [0.15, 0.2) is 5.79 Å². The van der Waals surface area contributed by atoms with Crippen LogP contribution in [0.15, 0.2) is 11.6 Å². The number of rotatable bonds is 2. The fourth-order valence-corrected chi connectivity index (χ4v) is 9.12.